The topological polar surface area (TPSA) is 88.2 Å². The van der Waals surface area contributed by atoms with E-state index in [2.05, 4.69) is 6.92 Å². The molecule has 0 bridgehead atoms. The summed E-state index contributed by atoms with van der Waals surface area (Å²) in [6, 6.07) is 7.27. The van der Waals surface area contributed by atoms with Gasteiger partial charge < -0.3 is 15.4 Å². The molecule has 1 saturated carbocycles. The van der Waals surface area contributed by atoms with Gasteiger partial charge in [-0.1, -0.05) is 51.9 Å². The van der Waals surface area contributed by atoms with Gasteiger partial charge in [0.05, 0.1) is 7.11 Å². The Morgan fingerprint density at radius 2 is 1.77 bits per heavy atom. The zero-order valence-corrected chi connectivity index (χ0v) is 21.5. The first-order chi connectivity index (χ1) is 17.0. The maximum Gasteiger partial charge on any atom is 0.257 e. The van der Waals surface area contributed by atoms with Crippen molar-refractivity contribution in [2.45, 2.75) is 83.1 Å². The summed E-state index contributed by atoms with van der Waals surface area (Å²) in [6.07, 6.45) is 11.7. The van der Waals surface area contributed by atoms with Crippen LogP contribution in [0.3, 0.4) is 0 Å². The Morgan fingerprint density at radius 3 is 2.40 bits per heavy atom. The molecule has 0 radical (unpaired) electrons. The third-order valence-electron chi connectivity index (χ3n) is 8.22. The molecule has 192 valence electrons. The average Bonchev–Trinajstić information content (AvgIpc) is 3.12. The van der Waals surface area contributed by atoms with Crippen molar-refractivity contribution in [3.63, 3.8) is 0 Å². The highest BCUT2D eigenvalue weighted by molar-refractivity contribution is 6.06. The van der Waals surface area contributed by atoms with E-state index in [4.69, 9.17) is 15.5 Å². The number of carbonyl (C=O) groups excluding carboxylic acids is 2. The number of benzene rings is 1. The molecule has 1 unspecified atom stereocenters. The van der Waals surface area contributed by atoms with Crippen molar-refractivity contribution in [1.82, 2.24) is 9.80 Å². The van der Waals surface area contributed by atoms with Gasteiger partial charge in [-0.2, -0.15) is 0 Å². The summed E-state index contributed by atoms with van der Waals surface area (Å²) in [7, 11) is 1.62. The highest BCUT2D eigenvalue weighted by Gasteiger charge is 2.48. The van der Waals surface area contributed by atoms with Gasteiger partial charge in [0.1, 0.15) is 11.3 Å². The highest BCUT2D eigenvalue weighted by Crippen LogP contribution is 2.39. The van der Waals surface area contributed by atoms with E-state index >= 15 is 0 Å². The van der Waals surface area contributed by atoms with Crippen molar-refractivity contribution in [2.24, 2.45) is 22.6 Å². The Labute approximate surface area is 210 Å². The van der Waals surface area contributed by atoms with E-state index < -0.39 is 5.54 Å². The monoisotopic (exact) mass is 482 g/mol. The van der Waals surface area contributed by atoms with Crippen molar-refractivity contribution >= 4 is 17.8 Å². The Balaban J connectivity index is 1.35. The molecule has 1 aromatic carbocycles. The summed E-state index contributed by atoms with van der Waals surface area (Å²) >= 11 is 0. The zero-order chi connectivity index (χ0) is 24.8. The SMILES string of the molecule is CCCCC1(CC2CCCCC2)N=C(N)N(CC2CCN(C(=O)c3ccc(OC)cc3)CC2)C1=O. The van der Waals surface area contributed by atoms with E-state index in [0.29, 0.717) is 43.0 Å². The Kier molecular flexibility index (Phi) is 8.34. The number of hydrogen-bond acceptors (Lipinski definition) is 5. The Bertz CT molecular complexity index is 901. The number of likely N-dealkylation sites (tertiary alicyclic amines) is 1. The van der Waals surface area contributed by atoms with Gasteiger partial charge in [-0.25, -0.2) is 4.99 Å². The number of ether oxygens (including phenoxy) is 1. The maximum atomic E-state index is 13.8. The lowest BCUT2D eigenvalue weighted by Crippen LogP contribution is -2.49. The van der Waals surface area contributed by atoms with Crippen LogP contribution in [0.15, 0.2) is 29.3 Å². The number of aliphatic imine (C=N–C) groups is 1. The van der Waals surface area contributed by atoms with Crippen LogP contribution in [-0.4, -0.2) is 59.9 Å². The minimum absolute atomic E-state index is 0.0514. The third kappa shape index (κ3) is 5.81. The minimum Gasteiger partial charge on any atom is -0.497 e. The van der Waals surface area contributed by atoms with Crippen molar-refractivity contribution in [2.75, 3.05) is 26.7 Å². The molecule has 3 aliphatic rings. The van der Waals surface area contributed by atoms with Crippen LogP contribution in [-0.2, 0) is 4.79 Å². The molecule has 35 heavy (non-hydrogen) atoms. The van der Waals surface area contributed by atoms with Gasteiger partial charge in [0.2, 0.25) is 0 Å². The van der Waals surface area contributed by atoms with E-state index in [-0.39, 0.29) is 11.8 Å². The molecule has 2 heterocycles. The summed E-state index contributed by atoms with van der Waals surface area (Å²) in [6.45, 7) is 4.16. The van der Waals surface area contributed by atoms with Crippen LogP contribution in [0.1, 0.15) is 87.9 Å². The molecule has 2 amide bonds. The number of rotatable bonds is 9. The fourth-order valence-electron chi connectivity index (χ4n) is 6.09. The smallest absolute Gasteiger partial charge is 0.257 e. The first-order valence-corrected chi connectivity index (χ1v) is 13.6. The van der Waals surface area contributed by atoms with Gasteiger partial charge in [-0.3, -0.25) is 14.5 Å². The maximum absolute atomic E-state index is 13.8. The molecular weight excluding hydrogens is 440 g/mol. The second-order valence-electron chi connectivity index (χ2n) is 10.7. The van der Waals surface area contributed by atoms with E-state index in [1.807, 2.05) is 29.2 Å². The van der Waals surface area contributed by atoms with Gasteiger partial charge >= 0.3 is 0 Å². The summed E-state index contributed by atoms with van der Waals surface area (Å²) in [5, 5.41) is 0. The molecule has 2 fully saturated rings. The Morgan fingerprint density at radius 1 is 1.09 bits per heavy atom. The van der Waals surface area contributed by atoms with Crippen LogP contribution in [0.25, 0.3) is 0 Å². The van der Waals surface area contributed by atoms with Gasteiger partial charge in [-0.15, -0.1) is 0 Å². The molecule has 2 N–H and O–H groups in total. The van der Waals surface area contributed by atoms with Crippen LogP contribution in [0.4, 0.5) is 0 Å². The summed E-state index contributed by atoms with van der Waals surface area (Å²) < 4.78 is 5.19. The van der Waals surface area contributed by atoms with Gasteiger partial charge in [0, 0.05) is 25.2 Å². The molecule has 0 aromatic heterocycles. The predicted molar refractivity (Wildman–Crippen MR) is 138 cm³/mol. The second-order valence-corrected chi connectivity index (χ2v) is 10.7. The number of nitrogens with two attached hydrogens (primary N) is 1. The summed E-state index contributed by atoms with van der Waals surface area (Å²) in [4.78, 5) is 35.2. The molecule has 1 aromatic rings. The number of hydrogen-bond donors (Lipinski definition) is 1. The van der Waals surface area contributed by atoms with Gasteiger partial charge in [0.15, 0.2) is 5.96 Å². The lowest BCUT2D eigenvalue weighted by atomic mass is 9.77. The lowest BCUT2D eigenvalue weighted by molar-refractivity contribution is -0.132. The first-order valence-electron chi connectivity index (χ1n) is 13.6. The highest BCUT2D eigenvalue weighted by atomic mass is 16.5. The number of piperidine rings is 1. The zero-order valence-electron chi connectivity index (χ0n) is 21.5. The second kappa shape index (κ2) is 11.4. The largest absolute Gasteiger partial charge is 0.497 e. The van der Waals surface area contributed by atoms with Crippen LogP contribution < -0.4 is 10.5 Å². The van der Waals surface area contributed by atoms with Crippen molar-refractivity contribution in [3.05, 3.63) is 29.8 Å². The molecule has 4 rings (SSSR count). The third-order valence-corrected chi connectivity index (χ3v) is 8.22. The van der Waals surface area contributed by atoms with E-state index in [9.17, 15) is 9.59 Å². The summed E-state index contributed by atoms with van der Waals surface area (Å²) in [5.41, 5.74) is 6.41. The number of methoxy groups -OCH3 is 1. The summed E-state index contributed by atoms with van der Waals surface area (Å²) in [5.74, 6) is 2.21. The van der Waals surface area contributed by atoms with Crippen molar-refractivity contribution in [1.29, 1.82) is 0 Å². The van der Waals surface area contributed by atoms with Crippen LogP contribution in [0.5, 0.6) is 5.75 Å². The molecule has 1 atom stereocenters. The van der Waals surface area contributed by atoms with E-state index in [1.54, 1.807) is 12.0 Å². The number of carbonyl (C=O) groups is 2. The van der Waals surface area contributed by atoms with Crippen molar-refractivity contribution in [3.8, 4) is 5.75 Å². The van der Waals surface area contributed by atoms with E-state index in [0.717, 1.165) is 44.3 Å². The van der Waals surface area contributed by atoms with Crippen LogP contribution in [0.2, 0.25) is 0 Å². The number of amides is 2. The molecule has 1 aliphatic carbocycles. The van der Waals surface area contributed by atoms with Crippen LogP contribution >= 0.6 is 0 Å². The molecule has 2 aliphatic heterocycles. The molecule has 7 heteroatoms. The fourth-order valence-corrected chi connectivity index (χ4v) is 6.09. The van der Waals surface area contributed by atoms with E-state index in [1.165, 1.54) is 32.1 Å². The van der Waals surface area contributed by atoms with Crippen LogP contribution in [0, 0.1) is 11.8 Å². The molecule has 0 spiro atoms. The molecular formula is C28H42N4O3. The lowest BCUT2D eigenvalue weighted by Gasteiger charge is -2.35. The fraction of sp³-hybridized carbons (Fsp3) is 0.679. The minimum atomic E-state index is -0.660. The first kappa shape index (κ1) is 25.5. The Hall–Kier alpha value is -2.57. The van der Waals surface area contributed by atoms with Gasteiger partial charge in [-0.05, 0) is 61.8 Å². The molecule has 7 nitrogen and oxygen atoms in total. The molecule has 1 saturated heterocycles. The van der Waals surface area contributed by atoms with Gasteiger partial charge in [0.25, 0.3) is 11.8 Å². The number of unbranched alkanes of at least 4 members (excludes halogenated alkanes) is 1. The average molecular weight is 483 g/mol. The normalized spacial score (nSPS) is 24.1. The predicted octanol–water partition coefficient (Wildman–Crippen LogP) is 4.60. The van der Waals surface area contributed by atoms with Crippen molar-refractivity contribution < 1.29 is 14.3 Å². The quantitative estimate of drug-likeness (QED) is 0.557. The number of guanidine groups is 1. The standard InChI is InChI=1S/C28H42N4O3/c1-3-4-16-28(19-21-8-6-5-7-9-21)26(34)32(27(29)30-28)20-22-14-17-31(18-15-22)25(33)23-10-12-24(35-2)13-11-23/h10-13,21-22H,3-9,14-20H2,1-2H3,(H2,29,30). The number of nitrogens with zero attached hydrogens (tertiary/aromatic N) is 3.